The van der Waals surface area contributed by atoms with Gasteiger partial charge in [0.25, 0.3) is 0 Å². The van der Waals surface area contributed by atoms with Gasteiger partial charge in [0.1, 0.15) is 12.4 Å². The lowest BCUT2D eigenvalue weighted by Crippen LogP contribution is -2.14. The van der Waals surface area contributed by atoms with Crippen molar-refractivity contribution in [3.63, 3.8) is 0 Å². The summed E-state index contributed by atoms with van der Waals surface area (Å²) in [5.41, 5.74) is -0.518. The molecule has 0 unspecified atom stereocenters. The molecule has 0 saturated heterocycles. The molecule has 0 fully saturated rings. The molecule has 12 heteroatoms. The van der Waals surface area contributed by atoms with Crippen LogP contribution in [0.3, 0.4) is 0 Å². The van der Waals surface area contributed by atoms with E-state index in [1.54, 1.807) is 24.3 Å². The van der Waals surface area contributed by atoms with Crippen LogP contribution >= 0.6 is 11.6 Å². The number of benzene rings is 2. The Kier molecular flexibility index (Phi) is 4.89. The van der Waals surface area contributed by atoms with Crippen LogP contribution in [0.15, 0.2) is 53.3 Å². The van der Waals surface area contributed by atoms with Crippen molar-refractivity contribution in [2.45, 2.75) is 12.8 Å². The Bertz CT molecular complexity index is 1110. The fraction of sp³-hybridized carbons (Fsp3) is 0.118. The average molecular weight is 423 g/mol. The molecule has 2 aromatic carbocycles. The van der Waals surface area contributed by atoms with Gasteiger partial charge >= 0.3 is 6.18 Å². The molecule has 0 spiro atoms. The predicted octanol–water partition coefficient (Wildman–Crippen LogP) is 3.96. The molecule has 0 saturated carbocycles. The van der Waals surface area contributed by atoms with E-state index < -0.39 is 11.7 Å². The Morgan fingerprint density at radius 1 is 1.07 bits per heavy atom. The first-order chi connectivity index (χ1) is 13.9. The molecule has 4 rings (SSSR count). The fourth-order valence-corrected chi connectivity index (χ4v) is 2.72. The Balaban J connectivity index is 1.55. The van der Waals surface area contributed by atoms with Gasteiger partial charge in [-0.25, -0.2) is 0 Å². The van der Waals surface area contributed by atoms with E-state index in [9.17, 15) is 13.2 Å². The number of nitrogens with zero attached hydrogens (tertiary/aromatic N) is 6. The molecular formula is C17H10ClF3N6O2. The number of aromatic nitrogens is 6. The Labute approximate surface area is 165 Å². The minimum atomic E-state index is -4.63. The number of hydrogen-bond acceptors (Lipinski definition) is 7. The van der Waals surface area contributed by atoms with Gasteiger partial charge in [0.15, 0.2) is 5.82 Å². The Hall–Kier alpha value is -3.47. The second-order valence-corrected chi connectivity index (χ2v) is 6.16. The topological polar surface area (TPSA) is 91.8 Å². The minimum Gasteiger partial charge on any atom is -0.486 e. The van der Waals surface area contributed by atoms with Crippen molar-refractivity contribution in [3.8, 4) is 22.9 Å². The van der Waals surface area contributed by atoms with Crippen molar-refractivity contribution in [3.05, 3.63) is 65.3 Å². The van der Waals surface area contributed by atoms with Gasteiger partial charge in [-0.05, 0) is 52.9 Å². The summed E-state index contributed by atoms with van der Waals surface area (Å²) in [7, 11) is 0. The summed E-state index contributed by atoms with van der Waals surface area (Å²) in [6.45, 7) is -0.160. The molecule has 0 aliphatic rings. The third-order valence-electron chi connectivity index (χ3n) is 3.86. The van der Waals surface area contributed by atoms with Crippen molar-refractivity contribution in [2.24, 2.45) is 0 Å². The van der Waals surface area contributed by atoms with E-state index in [0.29, 0.717) is 17.2 Å². The zero-order valence-electron chi connectivity index (χ0n) is 14.3. The van der Waals surface area contributed by atoms with Crippen LogP contribution in [0, 0.1) is 0 Å². The molecule has 0 N–H and O–H groups in total. The smallest absolute Gasteiger partial charge is 0.418 e. The lowest BCUT2D eigenvalue weighted by Gasteiger charge is -2.14. The number of alkyl halides is 3. The van der Waals surface area contributed by atoms with Crippen LogP contribution < -0.4 is 4.74 Å². The quantitative estimate of drug-likeness (QED) is 0.480. The van der Waals surface area contributed by atoms with E-state index in [2.05, 4.69) is 25.7 Å². The van der Waals surface area contributed by atoms with Crippen molar-refractivity contribution < 1.29 is 22.3 Å². The van der Waals surface area contributed by atoms with E-state index in [1.807, 2.05) is 0 Å². The van der Waals surface area contributed by atoms with E-state index in [0.717, 1.165) is 10.7 Å². The Morgan fingerprint density at radius 2 is 1.86 bits per heavy atom. The maximum Gasteiger partial charge on any atom is 0.418 e. The third-order valence-corrected chi connectivity index (χ3v) is 4.09. The van der Waals surface area contributed by atoms with E-state index >= 15 is 0 Å². The second-order valence-electron chi connectivity index (χ2n) is 5.72. The monoisotopic (exact) mass is 422 g/mol. The first kappa shape index (κ1) is 18.9. The van der Waals surface area contributed by atoms with Gasteiger partial charge in [0, 0.05) is 10.6 Å². The van der Waals surface area contributed by atoms with Gasteiger partial charge in [-0.1, -0.05) is 11.6 Å². The highest BCUT2D eigenvalue weighted by atomic mass is 35.5. The number of ether oxygens (including phenoxy) is 1. The molecule has 29 heavy (non-hydrogen) atoms. The number of halogens is 4. The van der Waals surface area contributed by atoms with E-state index in [-0.39, 0.29) is 23.1 Å². The normalized spacial score (nSPS) is 11.6. The summed E-state index contributed by atoms with van der Waals surface area (Å²) < 4.78 is 51.8. The van der Waals surface area contributed by atoms with Gasteiger partial charge in [0.05, 0.1) is 11.3 Å². The predicted molar refractivity (Wildman–Crippen MR) is 93.2 cm³/mol. The van der Waals surface area contributed by atoms with Crippen molar-refractivity contribution in [1.29, 1.82) is 0 Å². The number of hydrogen-bond donors (Lipinski definition) is 0. The molecule has 0 aliphatic carbocycles. The fourth-order valence-electron chi connectivity index (χ4n) is 2.54. The molecule has 8 nitrogen and oxygen atoms in total. The van der Waals surface area contributed by atoms with Crippen LogP contribution in [0.2, 0.25) is 5.02 Å². The lowest BCUT2D eigenvalue weighted by atomic mass is 10.1. The highest BCUT2D eigenvalue weighted by molar-refractivity contribution is 6.30. The first-order valence-corrected chi connectivity index (χ1v) is 8.43. The highest BCUT2D eigenvalue weighted by Crippen LogP contribution is 2.35. The largest absolute Gasteiger partial charge is 0.486 e. The molecule has 0 atom stereocenters. The molecule has 0 bridgehead atoms. The summed E-state index contributed by atoms with van der Waals surface area (Å²) in [5.74, 6) is 0.886. The SMILES string of the molecule is FC(F)(F)c1cc(Cl)ccc1-n1nnnc1COc1ccc(-c2nnco2)cc1. The summed E-state index contributed by atoms with van der Waals surface area (Å²) in [6.07, 6.45) is -3.42. The molecule has 2 heterocycles. The highest BCUT2D eigenvalue weighted by Gasteiger charge is 2.35. The summed E-state index contributed by atoms with van der Waals surface area (Å²) in [6, 6.07) is 10.0. The molecular weight excluding hydrogens is 413 g/mol. The standard InChI is InChI=1S/C17H10ClF3N6O2/c18-11-3-6-14(13(7-11)17(19,20)21)27-15(23-25-26-27)8-28-12-4-1-10(2-5-12)16-24-22-9-29-16/h1-7,9H,8H2. The summed E-state index contributed by atoms with van der Waals surface area (Å²) >= 11 is 5.71. The molecule has 2 aromatic heterocycles. The zero-order chi connectivity index (χ0) is 20.4. The molecule has 0 radical (unpaired) electrons. The summed E-state index contributed by atoms with van der Waals surface area (Å²) in [5, 5.41) is 18.2. The molecule has 148 valence electrons. The molecule has 0 amide bonds. The van der Waals surface area contributed by atoms with Gasteiger partial charge in [-0.2, -0.15) is 17.9 Å². The van der Waals surface area contributed by atoms with Crippen LogP contribution in [0.25, 0.3) is 17.1 Å². The van der Waals surface area contributed by atoms with Gasteiger partial charge in [-0.15, -0.1) is 15.3 Å². The maximum atomic E-state index is 13.4. The van der Waals surface area contributed by atoms with Crippen molar-refractivity contribution in [1.82, 2.24) is 30.4 Å². The maximum absolute atomic E-state index is 13.4. The first-order valence-electron chi connectivity index (χ1n) is 8.05. The minimum absolute atomic E-state index is 0.0479. The zero-order valence-corrected chi connectivity index (χ0v) is 15.1. The van der Waals surface area contributed by atoms with Gasteiger partial charge in [-0.3, -0.25) is 0 Å². The van der Waals surface area contributed by atoms with E-state index in [4.69, 9.17) is 20.8 Å². The van der Waals surface area contributed by atoms with Crippen LogP contribution in [-0.4, -0.2) is 30.4 Å². The van der Waals surface area contributed by atoms with Crippen molar-refractivity contribution >= 4 is 11.6 Å². The summed E-state index contributed by atoms with van der Waals surface area (Å²) in [4.78, 5) is 0. The number of tetrazole rings is 1. The van der Waals surface area contributed by atoms with Crippen LogP contribution in [0.1, 0.15) is 11.4 Å². The number of rotatable bonds is 5. The van der Waals surface area contributed by atoms with Gasteiger partial charge in [0.2, 0.25) is 12.3 Å². The molecule has 4 aromatic rings. The van der Waals surface area contributed by atoms with Gasteiger partial charge < -0.3 is 9.15 Å². The lowest BCUT2D eigenvalue weighted by molar-refractivity contribution is -0.137. The van der Waals surface area contributed by atoms with Crippen LogP contribution in [-0.2, 0) is 12.8 Å². The van der Waals surface area contributed by atoms with Crippen molar-refractivity contribution in [2.75, 3.05) is 0 Å². The average Bonchev–Trinajstić information content (AvgIpc) is 3.38. The molecule has 0 aliphatic heterocycles. The Morgan fingerprint density at radius 3 is 2.55 bits per heavy atom. The second kappa shape index (κ2) is 7.51. The van der Waals surface area contributed by atoms with E-state index in [1.165, 1.54) is 18.5 Å². The van der Waals surface area contributed by atoms with Crippen LogP contribution in [0.5, 0.6) is 5.75 Å². The van der Waals surface area contributed by atoms with Crippen LogP contribution in [0.4, 0.5) is 13.2 Å². The third kappa shape index (κ3) is 4.04.